The van der Waals surface area contributed by atoms with Gasteiger partial charge in [-0.05, 0) is 38.2 Å². The maximum Gasteiger partial charge on any atom is 0.327 e. The number of hydrogen-bond donors (Lipinski definition) is 2. The summed E-state index contributed by atoms with van der Waals surface area (Å²) in [5, 5.41) is 0.0627. The van der Waals surface area contributed by atoms with Gasteiger partial charge in [0.05, 0.1) is 5.39 Å². The predicted molar refractivity (Wildman–Crippen MR) is 91.8 cm³/mol. The first-order valence-electron chi connectivity index (χ1n) is 8.54. The van der Waals surface area contributed by atoms with Crippen LogP contribution in [-0.4, -0.2) is 39.8 Å². The zero-order valence-corrected chi connectivity index (χ0v) is 14.7. The van der Waals surface area contributed by atoms with E-state index < -0.39 is 21.3 Å². The average molecular weight is 364 g/mol. The molecule has 2 aliphatic rings. The normalized spacial score (nSPS) is 27.5. The first-order chi connectivity index (χ1) is 11.9. The Bertz CT molecular complexity index is 1040. The molecule has 134 valence electrons. The Hall–Kier alpha value is -2.00. The van der Waals surface area contributed by atoms with Crippen molar-refractivity contribution in [1.82, 2.24) is 19.3 Å². The standard InChI is InChI=1S/C16H20N4O4S/c1-9-6-10-4-2-3-5-13(10)20(9)25(23,24)11-7-12-14(17-8-11)18-16(22)19-15(12)21/h7-10,13H,2-6H2,1H3,(H2,17,18,19,21,22). The number of aromatic amines is 2. The van der Waals surface area contributed by atoms with Gasteiger partial charge >= 0.3 is 5.69 Å². The van der Waals surface area contributed by atoms with Gasteiger partial charge in [-0.2, -0.15) is 4.31 Å². The van der Waals surface area contributed by atoms with Crippen LogP contribution in [0.3, 0.4) is 0 Å². The molecule has 0 amide bonds. The third-order valence-electron chi connectivity index (χ3n) is 5.42. The lowest BCUT2D eigenvalue weighted by Gasteiger charge is -2.32. The molecule has 0 aromatic carbocycles. The molecule has 3 unspecified atom stereocenters. The van der Waals surface area contributed by atoms with E-state index in [4.69, 9.17) is 0 Å². The van der Waals surface area contributed by atoms with Crippen LogP contribution in [-0.2, 0) is 10.0 Å². The molecule has 1 aliphatic carbocycles. The molecule has 9 heteroatoms. The van der Waals surface area contributed by atoms with Crippen LogP contribution >= 0.6 is 0 Å². The summed E-state index contributed by atoms with van der Waals surface area (Å²) in [4.78, 5) is 31.8. The molecular weight excluding hydrogens is 344 g/mol. The van der Waals surface area contributed by atoms with Crippen molar-refractivity contribution in [3.05, 3.63) is 33.1 Å². The fraction of sp³-hybridized carbons (Fsp3) is 0.562. The lowest BCUT2D eigenvalue weighted by atomic mass is 9.85. The van der Waals surface area contributed by atoms with E-state index >= 15 is 0 Å². The topological polar surface area (TPSA) is 116 Å². The molecule has 1 aliphatic heterocycles. The number of nitrogens with one attached hydrogen (secondary N) is 2. The van der Waals surface area contributed by atoms with Gasteiger partial charge in [0, 0.05) is 18.3 Å². The molecule has 8 nitrogen and oxygen atoms in total. The summed E-state index contributed by atoms with van der Waals surface area (Å²) in [5.41, 5.74) is -1.23. The molecule has 1 saturated heterocycles. The van der Waals surface area contributed by atoms with Crippen molar-refractivity contribution in [2.45, 2.75) is 56.0 Å². The van der Waals surface area contributed by atoms with Gasteiger partial charge in [0.25, 0.3) is 5.56 Å². The Morgan fingerprint density at radius 3 is 2.76 bits per heavy atom. The van der Waals surface area contributed by atoms with Crippen molar-refractivity contribution < 1.29 is 8.42 Å². The largest absolute Gasteiger partial charge is 0.327 e. The van der Waals surface area contributed by atoms with Gasteiger partial charge < -0.3 is 0 Å². The number of H-pyrrole nitrogens is 2. The number of sulfonamides is 1. The molecule has 2 aromatic heterocycles. The predicted octanol–water partition coefficient (Wildman–Crippen LogP) is 0.953. The summed E-state index contributed by atoms with van der Waals surface area (Å²) in [5.74, 6) is 0.409. The second kappa shape index (κ2) is 5.77. The Labute approximate surface area is 144 Å². The van der Waals surface area contributed by atoms with Crippen molar-refractivity contribution in [3.63, 3.8) is 0 Å². The zero-order chi connectivity index (χ0) is 17.8. The molecule has 4 rings (SSSR count). The van der Waals surface area contributed by atoms with Crippen LogP contribution in [0.2, 0.25) is 0 Å². The van der Waals surface area contributed by atoms with Crippen LogP contribution in [0, 0.1) is 5.92 Å². The van der Waals surface area contributed by atoms with E-state index in [0.717, 1.165) is 32.1 Å². The fourth-order valence-electron chi connectivity index (χ4n) is 4.37. The number of nitrogens with zero attached hydrogens (tertiary/aromatic N) is 2. The highest BCUT2D eigenvalue weighted by atomic mass is 32.2. The van der Waals surface area contributed by atoms with E-state index in [1.165, 1.54) is 12.3 Å². The number of fused-ring (bicyclic) bond motifs is 2. The van der Waals surface area contributed by atoms with Gasteiger partial charge in [0.1, 0.15) is 10.5 Å². The van der Waals surface area contributed by atoms with Gasteiger partial charge in [-0.25, -0.2) is 18.2 Å². The third-order valence-corrected chi connectivity index (χ3v) is 7.42. The SMILES string of the molecule is CC1CC2CCCCC2N1S(=O)(=O)c1cnc2[nH]c(=O)[nH]c(=O)c2c1. The molecule has 2 N–H and O–H groups in total. The maximum atomic E-state index is 13.2. The van der Waals surface area contributed by atoms with Crippen LogP contribution in [0.4, 0.5) is 0 Å². The minimum absolute atomic E-state index is 0.00405. The van der Waals surface area contributed by atoms with Crippen LogP contribution < -0.4 is 11.2 Å². The van der Waals surface area contributed by atoms with Crippen LogP contribution in [0.1, 0.15) is 39.0 Å². The Morgan fingerprint density at radius 1 is 1.20 bits per heavy atom. The van der Waals surface area contributed by atoms with Crippen molar-refractivity contribution in [2.75, 3.05) is 0 Å². The maximum absolute atomic E-state index is 13.2. The zero-order valence-electron chi connectivity index (χ0n) is 13.9. The summed E-state index contributed by atoms with van der Waals surface area (Å²) >= 11 is 0. The van der Waals surface area contributed by atoms with E-state index in [1.807, 2.05) is 6.92 Å². The Kier molecular flexibility index (Phi) is 3.80. The minimum atomic E-state index is -3.75. The monoisotopic (exact) mass is 364 g/mol. The molecule has 0 bridgehead atoms. The first-order valence-corrected chi connectivity index (χ1v) is 9.98. The highest BCUT2D eigenvalue weighted by Crippen LogP contribution is 2.42. The third kappa shape index (κ3) is 2.62. The molecule has 1 saturated carbocycles. The Balaban J connectivity index is 1.81. The van der Waals surface area contributed by atoms with Crippen LogP contribution in [0.5, 0.6) is 0 Å². The van der Waals surface area contributed by atoms with Gasteiger partial charge in [-0.3, -0.25) is 14.8 Å². The number of rotatable bonds is 2. The Morgan fingerprint density at radius 2 is 1.96 bits per heavy atom. The molecule has 2 aromatic rings. The lowest BCUT2D eigenvalue weighted by molar-refractivity contribution is 0.248. The van der Waals surface area contributed by atoms with Crippen LogP contribution in [0.15, 0.2) is 26.7 Å². The van der Waals surface area contributed by atoms with Crippen molar-refractivity contribution >= 4 is 21.1 Å². The van der Waals surface area contributed by atoms with Crippen molar-refractivity contribution in [3.8, 4) is 0 Å². The van der Waals surface area contributed by atoms with Crippen molar-refractivity contribution in [1.29, 1.82) is 0 Å². The van der Waals surface area contributed by atoms with Crippen LogP contribution in [0.25, 0.3) is 11.0 Å². The molecular formula is C16H20N4O4S. The molecule has 25 heavy (non-hydrogen) atoms. The van der Waals surface area contributed by atoms with E-state index in [0.29, 0.717) is 5.92 Å². The quantitative estimate of drug-likeness (QED) is 0.823. The summed E-state index contributed by atoms with van der Waals surface area (Å²) < 4.78 is 28.1. The fourth-order valence-corrected chi connectivity index (χ4v) is 6.26. The second-order valence-corrected chi connectivity index (χ2v) is 8.85. The molecule has 2 fully saturated rings. The summed E-state index contributed by atoms with van der Waals surface area (Å²) in [6, 6.07) is 1.26. The lowest BCUT2D eigenvalue weighted by Crippen LogP contribution is -2.42. The summed E-state index contributed by atoms with van der Waals surface area (Å²) in [6.07, 6.45) is 6.23. The molecule has 0 radical (unpaired) electrons. The number of hydrogen-bond acceptors (Lipinski definition) is 5. The second-order valence-electron chi connectivity index (χ2n) is 7.01. The van der Waals surface area contributed by atoms with Gasteiger partial charge in [0.15, 0.2) is 0 Å². The highest BCUT2D eigenvalue weighted by Gasteiger charge is 2.46. The summed E-state index contributed by atoms with van der Waals surface area (Å²) in [6.45, 7) is 1.94. The highest BCUT2D eigenvalue weighted by molar-refractivity contribution is 7.89. The van der Waals surface area contributed by atoms with Gasteiger partial charge in [0.2, 0.25) is 10.0 Å². The van der Waals surface area contributed by atoms with Crippen molar-refractivity contribution in [2.24, 2.45) is 5.92 Å². The molecule has 3 heterocycles. The first kappa shape index (κ1) is 16.5. The van der Waals surface area contributed by atoms with E-state index in [-0.39, 0.29) is 28.0 Å². The van der Waals surface area contributed by atoms with E-state index in [9.17, 15) is 18.0 Å². The van der Waals surface area contributed by atoms with E-state index in [2.05, 4.69) is 15.0 Å². The molecule has 0 spiro atoms. The van der Waals surface area contributed by atoms with E-state index in [1.54, 1.807) is 4.31 Å². The summed E-state index contributed by atoms with van der Waals surface area (Å²) in [7, 11) is -3.75. The minimum Gasteiger partial charge on any atom is -0.291 e. The molecule has 3 atom stereocenters. The number of pyridine rings is 1. The van der Waals surface area contributed by atoms with Gasteiger partial charge in [-0.15, -0.1) is 0 Å². The smallest absolute Gasteiger partial charge is 0.291 e. The average Bonchev–Trinajstić information content (AvgIpc) is 2.90. The number of aromatic nitrogens is 3. The van der Waals surface area contributed by atoms with Gasteiger partial charge in [-0.1, -0.05) is 12.8 Å².